The largest absolute Gasteiger partial charge is 0.431 e. The molecule has 4 nitrogen and oxygen atoms in total. The topological polar surface area (TPSA) is 41.6 Å². The van der Waals surface area contributed by atoms with Gasteiger partial charge in [0.15, 0.2) is 0 Å². The van der Waals surface area contributed by atoms with Crippen LogP contribution >= 0.6 is 15.9 Å². The van der Waals surface area contributed by atoms with E-state index in [2.05, 4.69) is 21.2 Å². The zero-order chi connectivity index (χ0) is 25.4. The molecule has 0 aromatic heterocycles. The smallest absolute Gasteiger partial charge is 0.356 e. The lowest BCUT2D eigenvalue weighted by atomic mass is 9.62. The van der Waals surface area contributed by atoms with Crippen LogP contribution in [0.5, 0.6) is 0 Å². The van der Waals surface area contributed by atoms with Crippen molar-refractivity contribution < 1.29 is 31.5 Å². The van der Waals surface area contributed by atoms with Gasteiger partial charge in [-0.15, -0.1) is 0 Å². The number of likely N-dealkylation sites (tertiary alicyclic amines) is 1. The molecule has 2 aromatic rings. The van der Waals surface area contributed by atoms with Crippen LogP contribution in [0, 0.1) is 17.0 Å². The number of benzene rings is 2. The van der Waals surface area contributed by atoms with Crippen molar-refractivity contribution in [1.82, 2.24) is 10.2 Å². The summed E-state index contributed by atoms with van der Waals surface area (Å²) in [6.45, 7) is 1.56. The molecule has 0 bridgehead atoms. The Bertz CT molecular complexity index is 1070. The number of alkyl halides is 3. The highest BCUT2D eigenvalue weighted by atomic mass is 79.9. The Labute approximate surface area is 209 Å². The van der Waals surface area contributed by atoms with Gasteiger partial charge in [0.1, 0.15) is 11.6 Å². The number of ether oxygens (including phenoxy) is 1. The van der Waals surface area contributed by atoms with E-state index in [0.717, 1.165) is 42.7 Å². The molecule has 4 rings (SSSR count). The van der Waals surface area contributed by atoms with E-state index >= 15 is 0 Å². The number of halogens is 6. The van der Waals surface area contributed by atoms with Crippen LogP contribution in [0.4, 0.5) is 22.0 Å². The van der Waals surface area contributed by atoms with Crippen molar-refractivity contribution in [3.63, 3.8) is 0 Å². The first-order chi connectivity index (χ1) is 16.5. The number of methoxy groups -OCH3 is 1. The number of nitrogens with one attached hydrogen (secondary N) is 1. The molecule has 2 aromatic carbocycles. The van der Waals surface area contributed by atoms with Gasteiger partial charge in [-0.25, -0.2) is 8.78 Å². The average Bonchev–Trinajstić information content (AvgIpc) is 2.82. The molecule has 0 saturated carbocycles. The molecule has 0 radical (unpaired) electrons. The number of nitrogens with zero attached hydrogens (tertiary/aromatic N) is 1. The molecular weight excluding hydrogens is 535 g/mol. The third-order valence-corrected chi connectivity index (χ3v) is 8.01. The lowest BCUT2D eigenvalue weighted by molar-refractivity contribution is -0.271. The molecule has 0 unspecified atom stereocenters. The quantitative estimate of drug-likeness (QED) is 0.501. The maximum atomic E-state index is 14.7. The first-order valence-electron chi connectivity index (χ1n) is 11.4. The molecule has 2 saturated heterocycles. The van der Waals surface area contributed by atoms with Crippen molar-refractivity contribution in [2.24, 2.45) is 5.41 Å². The molecule has 2 heterocycles. The molecule has 0 aliphatic carbocycles. The fourth-order valence-corrected chi connectivity index (χ4v) is 5.95. The van der Waals surface area contributed by atoms with Crippen LogP contribution in [0.1, 0.15) is 36.3 Å². The third kappa shape index (κ3) is 4.60. The summed E-state index contributed by atoms with van der Waals surface area (Å²) in [6, 6.07) is 9.35. The molecule has 2 aliphatic rings. The summed E-state index contributed by atoms with van der Waals surface area (Å²) in [5.74, 6) is -2.81. The standard InChI is InChI=1S/C25H26BrF5N2O2/c1-35-24(25(29,30)31,19-14-17(26)4-7-21(19)28)22(34)33-12-9-23(10-13-33)8-11-32-15-20(23)16-2-5-18(27)6-3-16/h2-7,14,20,32H,8-13,15H2,1H3/t20-,24+/m0/s1. The minimum absolute atomic E-state index is 0.0337. The number of carbonyl (C=O) groups is 1. The average molecular weight is 561 g/mol. The van der Waals surface area contributed by atoms with Crippen molar-refractivity contribution in [1.29, 1.82) is 0 Å². The predicted octanol–water partition coefficient (Wildman–Crippen LogP) is 5.52. The van der Waals surface area contributed by atoms with Gasteiger partial charge in [-0.3, -0.25) is 4.79 Å². The summed E-state index contributed by atoms with van der Waals surface area (Å²) in [5, 5.41) is 3.35. The van der Waals surface area contributed by atoms with Gasteiger partial charge in [0.2, 0.25) is 0 Å². The van der Waals surface area contributed by atoms with Gasteiger partial charge in [-0.05, 0) is 67.1 Å². The van der Waals surface area contributed by atoms with E-state index in [1.54, 1.807) is 12.1 Å². The SMILES string of the molecule is CO[C@@](C(=O)N1CCC2(CCNC[C@H]2c2ccc(F)cc2)CC1)(c1cc(Br)ccc1F)C(F)(F)F. The van der Waals surface area contributed by atoms with E-state index in [4.69, 9.17) is 4.74 Å². The zero-order valence-corrected chi connectivity index (χ0v) is 20.7. The summed E-state index contributed by atoms with van der Waals surface area (Å²) < 4.78 is 76.5. The molecule has 2 atom stereocenters. The number of rotatable bonds is 4. The minimum Gasteiger partial charge on any atom is -0.356 e. The first kappa shape index (κ1) is 26.0. The van der Waals surface area contributed by atoms with Crippen molar-refractivity contribution in [3.05, 3.63) is 69.7 Å². The number of hydrogen-bond acceptors (Lipinski definition) is 3. The van der Waals surface area contributed by atoms with Gasteiger partial charge in [0.25, 0.3) is 11.5 Å². The van der Waals surface area contributed by atoms with Crippen LogP contribution < -0.4 is 5.32 Å². The van der Waals surface area contributed by atoms with Crippen LogP contribution in [-0.2, 0) is 15.1 Å². The Morgan fingerprint density at radius 1 is 1.09 bits per heavy atom. The molecule has 190 valence electrons. The Balaban J connectivity index is 1.63. The highest BCUT2D eigenvalue weighted by molar-refractivity contribution is 9.10. The van der Waals surface area contributed by atoms with E-state index in [0.29, 0.717) is 19.4 Å². The summed E-state index contributed by atoms with van der Waals surface area (Å²) in [4.78, 5) is 14.6. The molecule has 1 spiro atoms. The van der Waals surface area contributed by atoms with Gasteiger partial charge < -0.3 is 15.0 Å². The van der Waals surface area contributed by atoms with Crippen LogP contribution in [0.2, 0.25) is 0 Å². The lowest BCUT2D eigenvalue weighted by Gasteiger charge is -2.50. The molecular formula is C25H26BrF5N2O2. The van der Waals surface area contributed by atoms with E-state index in [1.165, 1.54) is 18.2 Å². The molecule has 10 heteroatoms. The number of piperidine rings is 2. The van der Waals surface area contributed by atoms with Crippen molar-refractivity contribution in [2.75, 3.05) is 33.3 Å². The van der Waals surface area contributed by atoms with Crippen LogP contribution in [0.3, 0.4) is 0 Å². The van der Waals surface area contributed by atoms with Crippen molar-refractivity contribution in [3.8, 4) is 0 Å². The predicted molar refractivity (Wildman–Crippen MR) is 124 cm³/mol. The van der Waals surface area contributed by atoms with Crippen molar-refractivity contribution in [2.45, 2.75) is 37.0 Å². The summed E-state index contributed by atoms with van der Waals surface area (Å²) in [7, 11) is 0.772. The normalized spacial score (nSPS) is 22.1. The summed E-state index contributed by atoms with van der Waals surface area (Å²) in [5.41, 5.74) is -3.63. The first-order valence-corrected chi connectivity index (χ1v) is 12.2. The highest BCUT2D eigenvalue weighted by Crippen LogP contribution is 2.50. The van der Waals surface area contributed by atoms with E-state index < -0.39 is 29.1 Å². The maximum absolute atomic E-state index is 14.7. The minimum atomic E-state index is -5.19. The second-order valence-corrected chi connectivity index (χ2v) is 10.1. The summed E-state index contributed by atoms with van der Waals surface area (Å²) >= 11 is 3.07. The van der Waals surface area contributed by atoms with E-state index in [1.807, 2.05) is 0 Å². The highest BCUT2D eigenvalue weighted by Gasteiger charge is 2.65. The van der Waals surface area contributed by atoms with Crippen molar-refractivity contribution >= 4 is 21.8 Å². The van der Waals surface area contributed by atoms with Gasteiger partial charge in [-0.2, -0.15) is 13.2 Å². The van der Waals surface area contributed by atoms with Gasteiger partial charge >= 0.3 is 6.18 Å². The lowest BCUT2D eigenvalue weighted by Crippen LogP contribution is -2.60. The molecule has 2 aliphatic heterocycles. The molecule has 2 fully saturated rings. The number of carbonyl (C=O) groups excluding carboxylic acids is 1. The summed E-state index contributed by atoms with van der Waals surface area (Å²) in [6.07, 6.45) is -3.46. The fraction of sp³-hybridized carbons (Fsp3) is 0.480. The van der Waals surface area contributed by atoms with Gasteiger partial charge in [-0.1, -0.05) is 28.1 Å². The van der Waals surface area contributed by atoms with E-state index in [-0.39, 0.29) is 34.7 Å². The fourth-order valence-electron chi connectivity index (χ4n) is 5.59. The number of hydrogen-bond donors (Lipinski definition) is 1. The Kier molecular flexibility index (Phi) is 7.28. The third-order valence-electron chi connectivity index (χ3n) is 7.52. The van der Waals surface area contributed by atoms with Gasteiger partial charge in [0, 0.05) is 42.7 Å². The van der Waals surface area contributed by atoms with Crippen LogP contribution in [0.15, 0.2) is 46.9 Å². The second-order valence-electron chi connectivity index (χ2n) is 9.22. The Morgan fingerprint density at radius 2 is 1.74 bits per heavy atom. The van der Waals surface area contributed by atoms with Gasteiger partial charge in [0.05, 0.1) is 0 Å². The monoisotopic (exact) mass is 560 g/mol. The Morgan fingerprint density at radius 3 is 2.34 bits per heavy atom. The van der Waals surface area contributed by atoms with Crippen LogP contribution in [-0.4, -0.2) is 50.3 Å². The Hall–Kier alpha value is -2.04. The van der Waals surface area contributed by atoms with E-state index in [9.17, 15) is 26.7 Å². The van der Waals surface area contributed by atoms with Crippen LogP contribution in [0.25, 0.3) is 0 Å². The molecule has 1 N–H and O–H groups in total. The zero-order valence-electron chi connectivity index (χ0n) is 19.1. The second kappa shape index (κ2) is 9.78. The maximum Gasteiger partial charge on any atom is 0.431 e. The molecule has 1 amide bonds. The number of amides is 1. The molecule has 35 heavy (non-hydrogen) atoms.